The van der Waals surface area contributed by atoms with Crippen molar-refractivity contribution in [3.05, 3.63) is 54.3 Å². The molecule has 0 bridgehead atoms. The van der Waals surface area contributed by atoms with Crippen molar-refractivity contribution in [1.29, 1.82) is 0 Å². The highest BCUT2D eigenvalue weighted by Gasteiger charge is 2.03. The van der Waals surface area contributed by atoms with E-state index in [0.29, 0.717) is 5.75 Å². The third-order valence-corrected chi connectivity index (χ3v) is 2.59. The molecule has 4 heteroatoms. The molecule has 2 rings (SSSR count). The Morgan fingerprint density at radius 1 is 1.00 bits per heavy atom. The van der Waals surface area contributed by atoms with Gasteiger partial charge in [-0.25, -0.2) is 4.39 Å². The maximum absolute atomic E-state index is 12.8. The van der Waals surface area contributed by atoms with Crippen molar-refractivity contribution in [2.24, 2.45) is 0 Å². The largest absolute Gasteiger partial charge is 0.426 e. The van der Waals surface area contributed by atoms with Crippen molar-refractivity contribution < 1.29 is 13.9 Å². The van der Waals surface area contributed by atoms with Crippen molar-refractivity contribution in [1.82, 2.24) is 0 Å². The molecule has 0 aliphatic rings. The Labute approximate surface area is 109 Å². The first-order valence-corrected chi connectivity index (χ1v) is 5.85. The van der Waals surface area contributed by atoms with E-state index < -0.39 is 5.97 Å². The van der Waals surface area contributed by atoms with Gasteiger partial charge in [0.25, 0.3) is 0 Å². The van der Waals surface area contributed by atoms with Crippen LogP contribution in [0.5, 0.6) is 5.75 Å². The number of alkyl halides is 1. The van der Waals surface area contributed by atoms with Gasteiger partial charge in [-0.3, -0.25) is 4.79 Å². The van der Waals surface area contributed by atoms with Crippen molar-refractivity contribution in [2.45, 2.75) is 0 Å². The Morgan fingerprint density at radius 2 is 1.50 bits per heavy atom. The van der Waals surface area contributed by atoms with Gasteiger partial charge in [0.1, 0.15) is 17.4 Å². The lowest BCUT2D eigenvalue weighted by molar-refractivity contribution is -0.131. The first kappa shape index (κ1) is 12.6. The van der Waals surface area contributed by atoms with Gasteiger partial charge in [-0.15, -0.1) is 11.6 Å². The molecule has 0 amide bonds. The van der Waals surface area contributed by atoms with Crippen LogP contribution in [-0.2, 0) is 4.79 Å². The molecule has 2 aromatic rings. The molecule has 2 nitrogen and oxygen atoms in total. The summed E-state index contributed by atoms with van der Waals surface area (Å²) in [7, 11) is 0. The molecule has 0 N–H and O–H groups in total. The fourth-order valence-electron chi connectivity index (χ4n) is 1.52. The fraction of sp³-hybridized carbons (Fsp3) is 0.0714. The second-order valence-electron chi connectivity index (χ2n) is 3.64. The van der Waals surface area contributed by atoms with E-state index in [1.165, 1.54) is 12.1 Å². The topological polar surface area (TPSA) is 26.3 Å². The molecule has 0 heterocycles. The summed E-state index contributed by atoms with van der Waals surface area (Å²) in [5.41, 5.74) is 1.81. The molecule has 0 radical (unpaired) electrons. The van der Waals surface area contributed by atoms with Gasteiger partial charge in [-0.2, -0.15) is 0 Å². The number of carbonyl (C=O) groups excluding carboxylic acids is 1. The summed E-state index contributed by atoms with van der Waals surface area (Å²) in [6.07, 6.45) is 0. The van der Waals surface area contributed by atoms with Crippen LogP contribution in [0.25, 0.3) is 11.1 Å². The molecule has 0 aliphatic heterocycles. The zero-order valence-electron chi connectivity index (χ0n) is 9.40. The fourth-order valence-corrected chi connectivity index (χ4v) is 1.57. The Balaban J connectivity index is 2.17. The van der Waals surface area contributed by atoms with Gasteiger partial charge in [-0.1, -0.05) is 24.3 Å². The molecular weight excluding hydrogens is 255 g/mol. The van der Waals surface area contributed by atoms with Gasteiger partial charge in [0.05, 0.1) is 0 Å². The van der Waals surface area contributed by atoms with Gasteiger partial charge in [0, 0.05) is 0 Å². The van der Waals surface area contributed by atoms with Crippen LogP contribution < -0.4 is 4.74 Å². The van der Waals surface area contributed by atoms with Crippen LogP contribution >= 0.6 is 11.6 Å². The summed E-state index contributed by atoms with van der Waals surface area (Å²) in [6, 6.07) is 13.1. The second kappa shape index (κ2) is 5.65. The second-order valence-corrected chi connectivity index (χ2v) is 3.91. The van der Waals surface area contributed by atoms with E-state index in [1.54, 1.807) is 36.4 Å². The third-order valence-electron chi connectivity index (χ3n) is 2.37. The van der Waals surface area contributed by atoms with Crippen molar-refractivity contribution in [3.63, 3.8) is 0 Å². The van der Waals surface area contributed by atoms with Crippen LogP contribution in [0.4, 0.5) is 4.39 Å². The van der Waals surface area contributed by atoms with Crippen LogP contribution in [-0.4, -0.2) is 11.8 Å². The summed E-state index contributed by atoms with van der Waals surface area (Å²) in [5.74, 6) is -0.510. The number of esters is 1. The number of halogens is 2. The van der Waals surface area contributed by atoms with Gasteiger partial charge in [0.15, 0.2) is 0 Å². The molecule has 0 fully saturated rings. The van der Waals surface area contributed by atoms with Crippen LogP contribution in [0, 0.1) is 5.82 Å². The summed E-state index contributed by atoms with van der Waals surface area (Å²) in [6.45, 7) is 0. The van der Waals surface area contributed by atoms with Crippen LogP contribution in [0.3, 0.4) is 0 Å². The van der Waals surface area contributed by atoms with E-state index in [-0.39, 0.29) is 11.7 Å². The molecule has 2 aromatic carbocycles. The number of benzene rings is 2. The highest BCUT2D eigenvalue weighted by Crippen LogP contribution is 2.22. The number of hydrogen-bond donors (Lipinski definition) is 0. The van der Waals surface area contributed by atoms with Gasteiger partial charge in [-0.05, 0) is 35.4 Å². The number of carbonyl (C=O) groups is 1. The SMILES string of the molecule is O=C(CCl)Oc1ccc(-c2ccc(F)cc2)cc1. The molecule has 0 aliphatic carbocycles. The minimum atomic E-state index is -0.494. The van der Waals surface area contributed by atoms with E-state index in [9.17, 15) is 9.18 Å². The lowest BCUT2D eigenvalue weighted by Gasteiger charge is -2.04. The van der Waals surface area contributed by atoms with E-state index in [2.05, 4.69) is 0 Å². The summed E-state index contributed by atoms with van der Waals surface area (Å²) >= 11 is 5.33. The first-order chi connectivity index (χ1) is 8.69. The van der Waals surface area contributed by atoms with Gasteiger partial charge in [0.2, 0.25) is 0 Å². The average Bonchev–Trinajstić information content (AvgIpc) is 2.40. The summed E-state index contributed by atoms with van der Waals surface area (Å²) in [4.78, 5) is 11.0. The molecule has 0 atom stereocenters. The maximum Gasteiger partial charge on any atom is 0.326 e. The highest BCUT2D eigenvalue weighted by atomic mass is 35.5. The van der Waals surface area contributed by atoms with E-state index in [4.69, 9.17) is 16.3 Å². The monoisotopic (exact) mass is 264 g/mol. The lowest BCUT2D eigenvalue weighted by Crippen LogP contribution is -2.08. The Kier molecular flexibility index (Phi) is 3.95. The molecule has 0 saturated carbocycles. The van der Waals surface area contributed by atoms with Crippen LogP contribution in [0.2, 0.25) is 0 Å². The number of rotatable bonds is 3. The normalized spacial score (nSPS) is 10.1. The lowest BCUT2D eigenvalue weighted by atomic mass is 10.1. The third kappa shape index (κ3) is 3.08. The standard InChI is InChI=1S/C14H10ClFO2/c15-9-14(17)18-13-7-3-11(4-8-13)10-1-5-12(16)6-2-10/h1-8H,9H2. The first-order valence-electron chi connectivity index (χ1n) is 5.31. The molecule has 0 aromatic heterocycles. The Bertz CT molecular complexity index is 535. The van der Waals surface area contributed by atoms with Gasteiger partial charge >= 0.3 is 5.97 Å². The summed E-state index contributed by atoms with van der Waals surface area (Å²) in [5, 5.41) is 0. The molecule has 0 spiro atoms. The van der Waals surface area contributed by atoms with E-state index in [1.807, 2.05) is 0 Å². The van der Waals surface area contributed by atoms with E-state index in [0.717, 1.165) is 11.1 Å². The number of ether oxygens (including phenoxy) is 1. The molecule has 18 heavy (non-hydrogen) atoms. The smallest absolute Gasteiger partial charge is 0.326 e. The average molecular weight is 265 g/mol. The quantitative estimate of drug-likeness (QED) is 0.481. The minimum Gasteiger partial charge on any atom is -0.426 e. The predicted octanol–water partition coefficient (Wildman–Crippen LogP) is 3.64. The van der Waals surface area contributed by atoms with Crippen LogP contribution in [0.1, 0.15) is 0 Å². The Morgan fingerprint density at radius 3 is 2.00 bits per heavy atom. The molecule has 0 saturated heterocycles. The van der Waals surface area contributed by atoms with Crippen molar-refractivity contribution in [3.8, 4) is 16.9 Å². The summed E-state index contributed by atoms with van der Waals surface area (Å²) < 4.78 is 17.7. The molecule has 92 valence electrons. The maximum atomic E-state index is 12.8. The zero-order chi connectivity index (χ0) is 13.0. The van der Waals surface area contributed by atoms with Gasteiger partial charge < -0.3 is 4.74 Å². The molecular formula is C14H10ClFO2. The predicted molar refractivity (Wildman–Crippen MR) is 68.2 cm³/mol. The van der Waals surface area contributed by atoms with Crippen molar-refractivity contribution >= 4 is 17.6 Å². The van der Waals surface area contributed by atoms with E-state index >= 15 is 0 Å². The zero-order valence-corrected chi connectivity index (χ0v) is 10.2. The highest BCUT2D eigenvalue weighted by molar-refractivity contribution is 6.26. The number of hydrogen-bond acceptors (Lipinski definition) is 2. The van der Waals surface area contributed by atoms with Crippen molar-refractivity contribution in [2.75, 3.05) is 5.88 Å². The Hall–Kier alpha value is -1.87. The minimum absolute atomic E-state index is 0.181. The molecule has 0 unspecified atom stereocenters. The van der Waals surface area contributed by atoms with Crippen LogP contribution in [0.15, 0.2) is 48.5 Å².